The molecule has 9 aromatic carbocycles. The lowest BCUT2D eigenvalue weighted by Crippen LogP contribution is -2.12. The second kappa shape index (κ2) is 13.8. The molecule has 0 spiro atoms. The normalized spacial score (nSPS) is 11.5. The van der Waals surface area contributed by atoms with E-state index in [0.29, 0.717) is 0 Å². The molecule has 2 nitrogen and oxygen atoms in total. The summed E-state index contributed by atoms with van der Waals surface area (Å²) in [5, 5.41) is 5.06. The Balaban J connectivity index is 1.15. The summed E-state index contributed by atoms with van der Waals surface area (Å²) in [6, 6.07) is 79.5. The molecule has 0 atom stereocenters. The zero-order valence-corrected chi connectivity index (χ0v) is 31.9. The van der Waals surface area contributed by atoms with Gasteiger partial charge in [0, 0.05) is 53.6 Å². The van der Waals surface area contributed by atoms with E-state index in [1.165, 1.54) is 69.8 Å². The lowest BCUT2D eigenvalue weighted by atomic mass is 9.88. The van der Waals surface area contributed by atoms with Gasteiger partial charge in [-0.15, -0.1) is 11.3 Å². The second-order valence-corrected chi connectivity index (χ2v) is 15.6. The summed E-state index contributed by atoms with van der Waals surface area (Å²) in [5.74, 6) is 0. The van der Waals surface area contributed by atoms with Crippen molar-refractivity contribution in [1.29, 1.82) is 0 Å². The predicted octanol–water partition coefficient (Wildman–Crippen LogP) is 15.6. The van der Waals surface area contributed by atoms with Crippen molar-refractivity contribution in [2.45, 2.75) is 0 Å². The molecular formula is C54H36N2S. The molecule has 0 aliphatic heterocycles. The third kappa shape index (κ3) is 5.63. The average Bonchev–Trinajstić information content (AvgIpc) is 3.83. The Morgan fingerprint density at radius 3 is 1.60 bits per heavy atom. The maximum atomic E-state index is 2.46. The van der Waals surface area contributed by atoms with Gasteiger partial charge in [0.1, 0.15) is 0 Å². The molecule has 2 aromatic heterocycles. The lowest BCUT2D eigenvalue weighted by molar-refractivity contribution is 1.17. The second-order valence-electron chi connectivity index (χ2n) is 14.5. The molecule has 0 radical (unpaired) electrons. The van der Waals surface area contributed by atoms with Gasteiger partial charge in [0.05, 0.1) is 16.7 Å². The highest BCUT2D eigenvalue weighted by Gasteiger charge is 2.22. The standard InChI is InChI=1S/C54H36N2S/c1-2-17-37(18-3-1)41-21-4-5-22-42(41)43-23-6-7-24-44(43)45-25-8-12-29-50(45)55(40-33-34-54-49(36-40)48-28-11-15-32-53(48)57-54)38-19-16-20-39(35-38)56-51-30-13-9-26-46(51)47-27-10-14-31-52(47)56/h1-36H. The van der Waals surface area contributed by atoms with Crippen molar-refractivity contribution in [3.63, 3.8) is 0 Å². The first-order chi connectivity index (χ1) is 28.3. The molecule has 0 saturated carbocycles. The highest BCUT2D eigenvalue weighted by atomic mass is 32.1. The molecule has 0 bridgehead atoms. The minimum Gasteiger partial charge on any atom is -0.310 e. The van der Waals surface area contributed by atoms with E-state index in [1.54, 1.807) is 0 Å². The van der Waals surface area contributed by atoms with Crippen LogP contribution in [-0.4, -0.2) is 4.57 Å². The summed E-state index contributed by atoms with van der Waals surface area (Å²) >= 11 is 1.85. The number of fused-ring (bicyclic) bond motifs is 6. The molecule has 0 aliphatic rings. The quantitative estimate of drug-likeness (QED) is 0.158. The Morgan fingerprint density at radius 2 is 0.860 bits per heavy atom. The lowest BCUT2D eigenvalue weighted by Gasteiger charge is -2.29. The number of nitrogens with zero attached hydrogens (tertiary/aromatic N) is 2. The Bertz CT molecular complexity index is 3210. The van der Waals surface area contributed by atoms with E-state index in [1.807, 2.05) is 11.3 Å². The van der Waals surface area contributed by atoms with Crippen molar-refractivity contribution in [3.8, 4) is 39.1 Å². The molecule has 11 rings (SSSR count). The van der Waals surface area contributed by atoms with Crippen LogP contribution in [0.5, 0.6) is 0 Å². The number of thiophene rings is 1. The van der Waals surface area contributed by atoms with Gasteiger partial charge in [-0.1, -0.05) is 158 Å². The molecular weight excluding hydrogens is 709 g/mol. The molecule has 3 heteroatoms. The van der Waals surface area contributed by atoms with Gasteiger partial charge in [-0.05, 0) is 88.5 Å². The van der Waals surface area contributed by atoms with E-state index in [-0.39, 0.29) is 0 Å². The van der Waals surface area contributed by atoms with Crippen molar-refractivity contribution >= 4 is 70.4 Å². The Labute approximate surface area is 335 Å². The topological polar surface area (TPSA) is 8.17 Å². The molecule has 2 heterocycles. The van der Waals surface area contributed by atoms with E-state index in [2.05, 4.69) is 228 Å². The van der Waals surface area contributed by atoms with Crippen LogP contribution in [0, 0.1) is 0 Å². The van der Waals surface area contributed by atoms with E-state index < -0.39 is 0 Å². The first-order valence-electron chi connectivity index (χ1n) is 19.4. The zero-order chi connectivity index (χ0) is 37.7. The molecule has 0 saturated heterocycles. The van der Waals surface area contributed by atoms with E-state index >= 15 is 0 Å². The van der Waals surface area contributed by atoms with Gasteiger partial charge in [0.15, 0.2) is 0 Å². The van der Waals surface area contributed by atoms with Crippen molar-refractivity contribution in [2.75, 3.05) is 4.90 Å². The highest BCUT2D eigenvalue weighted by Crippen LogP contribution is 2.47. The van der Waals surface area contributed by atoms with Crippen LogP contribution in [0.3, 0.4) is 0 Å². The van der Waals surface area contributed by atoms with Crippen molar-refractivity contribution in [1.82, 2.24) is 4.57 Å². The Hall–Kier alpha value is -7.20. The molecule has 0 aliphatic carbocycles. The maximum Gasteiger partial charge on any atom is 0.0541 e. The molecule has 57 heavy (non-hydrogen) atoms. The number of hydrogen-bond donors (Lipinski definition) is 0. The van der Waals surface area contributed by atoms with Crippen LogP contribution in [0.2, 0.25) is 0 Å². The van der Waals surface area contributed by atoms with Gasteiger partial charge in [-0.3, -0.25) is 0 Å². The van der Waals surface area contributed by atoms with Crippen LogP contribution in [-0.2, 0) is 0 Å². The molecule has 0 amide bonds. The van der Waals surface area contributed by atoms with Gasteiger partial charge in [-0.25, -0.2) is 0 Å². The van der Waals surface area contributed by atoms with Crippen LogP contribution in [0.1, 0.15) is 0 Å². The van der Waals surface area contributed by atoms with E-state index in [0.717, 1.165) is 28.3 Å². The van der Waals surface area contributed by atoms with Crippen LogP contribution < -0.4 is 4.90 Å². The summed E-state index contributed by atoms with van der Waals surface area (Å²) in [7, 11) is 0. The number of para-hydroxylation sites is 3. The molecule has 268 valence electrons. The van der Waals surface area contributed by atoms with Crippen molar-refractivity contribution < 1.29 is 0 Å². The Morgan fingerprint density at radius 1 is 0.333 bits per heavy atom. The molecule has 11 aromatic rings. The van der Waals surface area contributed by atoms with Crippen LogP contribution in [0.25, 0.3) is 81.0 Å². The predicted molar refractivity (Wildman–Crippen MR) is 245 cm³/mol. The summed E-state index contributed by atoms with van der Waals surface area (Å²) in [6.45, 7) is 0. The fourth-order valence-corrected chi connectivity index (χ4v) is 9.78. The van der Waals surface area contributed by atoms with Crippen LogP contribution >= 0.6 is 11.3 Å². The number of aromatic nitrogens is 1. The fraction of sp³-hybridized carbons (Fsp3) is 0. The molecule has 0 fully saturated rings. The minimum atomic E-state index is 1.09. The van der Waals surface area contributed by atoms with Gasteiger partial charge in [-0.2, -0.15) is 0 Å². The number of hydrogen-bond acceptors (Lipinski definition) is 2. The highest BCUT2D eigenvalue weighted by molar-refractivity contribution is 7.25. The summed E-state index contributed by atoms with van der Waals surface area (Å²) in [4.78, 5) is 2.46. The SMILES string of the molecule is c1ccc(-c2ccccc2-c2ccccc2-c2ccccc2N(c2cccc(-n3c4ccccc4c4ccccc43)c2)c2ccc3sc4ccccc4c3c2)cc1. The van der Waals surface area contributed by atoms with Gasteiger partial charge in [0.2, 0.25) is 0 Å². The first kappa shape index (κ1) is 33.2. The number of rotatable bonds is 7. The van der Waals surface area contributed by atoms with Crippen molar-refractivity contribution in [3.05, 3.63) is 218 Å². The first-order valence-corrected chi connectivity index (χ1v) is 20.3. The average molecular weight is 745 g/mol. The van der Waals surface area contributed by atoms with E-state index in [4.69, 9.17) is 0 Å². The van der Waals surface area contributed by atoms with Gasteiger partial charge >= 0.3 is 0 Å². The summed E-state index contributed by atoms with van der Waals surface area (Å²) < 4.78 is 5.00. The third-order valence-electron chi connectivity index (χ3n) is 11.2. The zero-order valence-electron chi connectivity index (χ0n) is 31.1. The monoisotopic (exact) mass is 744 g/mol. The minimum absolute atomic E-state index is 1.09. The largest absolute Gasteiger partial charge is 0.310 e. The maximum absolute atomic E-state index is 2.46. The Kier molecular flexibility index (Phi) is 8.04. The van der Waals surface area contributed by atoms with Crippen molar-refractivity contribution in [2.24, 2.45) is 0 Å². The smallest absolute Gasteiger partial charge is 0.0541 e. The molecule has 0 unspecified atom stereocenters. The third-order valence-corrected chi connectivity index (χ3v) is 12.4. The number of anilines is 3. The number of benzene rings is 9. The van der Waals surface area contributed by atoms with Crippen LogP contribution in [0.4, 0.5) is 17.1 Å². The molecule has 0 N–H and O–H groups in total. The fourth-order valence-electron chi connectivity index (χ4n) is 8.69. The summed E-state index contributed by atoms with van der Waals surface area (Å²) in [5.41, 5.74) is 14.0. The van der Waals surface area contributed by atoms with Gasteiger partial charge < -0.3 is 9.47 Å². The van der Waals surface area contributed by atoms with Crippen LogP contribution in [0.15, 0.2) is 218 Å². The summed E-state index contributed by atoms with van der Waals surface area (Å²) in [6.07, 6.45) is 0. The van der Waals surface area contributed by atoms with Gasteiger partial charge in [0.25, 0.3) is 0 Å². The van der Waals surface area contributed by atoms with E-state index in [9.17, 15) is 0 Å².